The molecule has 3 N–H and O–H groups in total. The molecule has 24 heavy (non-hydrogen) atoms. The molecular formula is C18H22N2O3S. The van der Waals surface area contributed by atoms with Crippen LogP contribution in [0.3, 0.4) is 0 Å². The number of hydrogen-bond donors (Lipinski definition) is 2. The molecule has 0 radical (unpaired) electrons. The Morgan fingerprint density at radius 3 is 2.46 bits per heavy atom. The molecule has 0 heterocycles. The topological polar surface area (TPSA) is 89.3 Å². The van der Waals surface area contributed by atoms with Crippen molar-refractivity contribution in [2.24, 2.45) is 5.73 Å². The third-order valence-corrected chi connectivity index (χ3v) is 5.44. The van der Waals surface area contributed by atoms with Gasteiger partial charge in [-0.3, -0.25) is 4.79 Å². The molecule has 2 aromatic rings. The maximum atomic E-state index is 12.5. The number of aryl methyl sites for hydroxylation is 2. The second-order valence-electron chi connectivity index (χ2n) is 5.89. The van der Waals surface area contributed by atoms with E-state index in [0.717, 1.165) is 12.0 Å². The van der Waals surface area contributed by atoms with E-state index < -0.39 is 15.9 Å². The fourth-order valence-electron chi connectivity index (χ4n) is 2.45. The van der Waals surface area contributed by atoms with Gasteiger partial charge in [-0.2, -0.15) is 0 Å². The summed E-state index contributed by atoms with van der Waals surface area (Å²) in [7, 11) is -3.69. The summed E-state index contributed by atoms with van der Waals surface area (Å²) in [6.45, 7) is 3.54. The summed E-state index contributed by atoms with van der Waals surface area (Å²) < 4.78 is 27.6. The van der Waals surface area contributed by atoms with E-state index in [2.05, 4.69) is 4.72 Å². The summed E-state index contributed by atoms with van der Waals surface area (Å²) in [5.74, 6) is -0.637. The van der Waals surface area contributed by atoms with E-state index in [-0.39, 0.29) is 16.5 Å². The van der Waals surface area contributed by atoms with Gasteiger partial charge in [-0.05, 0) is 49.9 Å². The highest BCUT2D eigenvalue weighted by Gasteiger charge is 2.19. The zero-order valence-corrected chi connectivity index (χ0v) is 14.6. The van der Waals surface area contributed by atoms with Crippen LogP contribution in [0.25, 0.3) is 0 Å². The Morgan fingerprint density at radius 2 is 1.83 bits per heavy atom. The van der Waals surface area contributed by atoms with Crippen molar-refractivity contribution in [1.29, 1.82) is 0 Å². The van der Waals surface area contributed by atoms with Gasteiger partial charge >= 0.3 is 0 Å². The Morgan fingerprint density at radius 1 is 1.17 bits per heavy atom. The summed E-state index contributed by atoms with van der Waals surface area (Å²) in [5.41, 5.74) is 7.32. The molecule has 0 bridgehead atoms. The zero-order valence-electron chi connectivity index (χ0n) is 13.8. The first kappa shape index (κ1) is 18.2. The number of carbonyl (C=O) groups excluding carboxylic acids is 1. The quantitative estimate of drug-likeness (QED) is 0.807. The van der Waals surface area contributed by atoms with Gasteiger partial charge in [-0.25, -0.2) is 13.1 Å². The molecule has 0 aliphatic carbocycles. The van der Waals surface area contributed by atoms with Crippen molar-refractivity contribution in [3.63, 3.8) is 0 Å². The molecule has 1 amide bonds. The molecule has 0 saturated carbocycles. The van der Waals surface area contributed by atoms with Gasteiger partial charge in [0.15, 0.2) is 0 Å². The molecule has 2 rings (SSSR count). The van der Waals surface area contributed by atoms with Crippen LogP contribution in [0.1, 0.15) is 34.8 Å². The zero-order chi connectivity index (χ0) is 17.7. The predicted molar refractivity (Wildman–Crippen MR) is 94.2 cm³/mol. The monoisotopic (exact) mass is 346 g/mol. The molecule has 0 saturated heterocycles. The molecule has 0 unspecified atom stereocenters. The van der Waals surface area contributed by atoms with Crippen LogP contribution in [0.15, 0.2) is 53.4 Å². The lowest BCUT2D eigenvalue weighted by molar-refractivity contribution is 0.0999. The molecule has 5 nitrogen and oxygen atoms in total. The number of nitrogens with one attached hydrogen (secondary N) is 1. The summed E-state index contributed by atoms with van der Waals surface area (Å²) in [5, 5.41) is 0. The summed E-state index contributed by atoms with van der Waals surface area (Å²) in [6.07, 6.45) is 1.46. The lowest BCUT2D eigenvalue weighted by Crippen LogP contribution is -2.33. The van der Waals surface area contributed by atoms with Crippen molar-refractivity contribution in [2.75, 3.05) is 0 Å². The number of nitrogens with two attached hydrogens (primary N) is 1. The van der Waals surface area contributed by atoms with Crippen LogP contribution in [0.4, 0.5) is 0 Å². The number of primary amides is 1. The minimum Gasteiger partial charge on any atom is -0.366 e. The average Bonchev–Trinajstić information content (AvgIpc) is 2.53. The van der Waals surface area contributed by atoms with Gasteiger partial charge in [0.1, 0.15) is 0 Å². The van der Waals surface area contributed by atoms with E-state index in [1.54, 1.807) is 13.0 Å². The Balaban J connectivity index is 2.07. The minimum absolute atomic E-state index is 0.0495. The average molecular weight is 346 g/mol. The number of benzene rings is 2. The highest BCUT2D eigenvalue weighted by molar-refractivity contribution is 7.89. The van der Waals surface area contributed by atoms with E-state index in [1.807, 2.05) is 37.3 Å². The molecule has 6 heteroatoms. The largest absolute Gasteiger partial charge is 0.366 e. The van der Waals surface area contributed by atoms with Crippen molar-refractivity contribution in [3.8, 4) is 0 Å². The normalized spacial score (nSPS) is 12.8. The van der Waals surface area contributed by atoms with Crippen molar-refractivity contribution < 1.29 is 13.2 Å². The lowest BCUT2D eigenvalue weighted by Gasteiger charge is -2.15. The molecule has 0 aromatic heterocycles. The maximum absolute atomic E-state index is 12.5. The number of rotatable bonds is 7. The van der Waals surface area contributed by atoms with Crippen LogP contribution in [0.5, 0.6) is 0 Å². The summed E-state index contributed by atoms with van der Waals surface area (Å²) in [4.78, 5) is 11.4. The Bertz CT molecular complexity index is 817. The first-order valence-corrected chi connectivity index (χ1v) is 9.24. The van der Waals surface area contributed by atoms with Gasteiger partial charge in [0.25, 0.3) is 0 Å². The van der Waals surface area contributed by atoms with E-state index in [4.69, 9.17) is 5.73 Å². The SMILES string of the molecule is Cc1ccc(S(=O)(=O)N[C@H](C)CCc2ccccc2)cc1C(N)=O. The molecule has 0 spiro atoms. The van der Waals surface area contributed by atoms with Crippen LogP contribution < -0.4 is 10.5 Å². The number of carbonyl (C=O) groups is 1. The summed E-state index contributed by atoms with van der Waals surface area (Å²) >= 11 is 0. The fourth-order valence-corrected chi connectivity index (χ4v) is 3.76. The van der Waals surface area contributed by atoms with Crippen molar-refractivity contribution in [2.45, 2.75) is 37.6 Å². The standard InChI is InChI=1S/C18H22N2O3S/c1-13-8-11-16(12-17(13)18(19)21)24(22,23)20-14(2)9-10-15-6-4-3-5-7-15/h3-8,11-12,14,20H,9-10H2,1-2H3,(H2,19,21)/t14-/m1/s1. The Labute approximate surface area is 142 Å². The predicted octanol–water partition coefficient (Wildman–Crippen LogP) is 2.39. The smallest absolute Gasteiger partial charge is 0.249 e. The van der Waals surface area contributed by atoms with Crippen molar-refractivity contribution in [3.05, 3.63) is 65.2 Å². The van der Waals surface area contributed by atoms with Crippen LogP contribution in [-0.4, -0.2) is 20.4 Å². The molecule has 0 aliphatic heterocycles. The van der Waals surface area contributed by atoms with E-state index >= 15 is 0 Å². The first-order chi connectivity index (χ1) is 11.3. The van der Waals surface area contributed by atoms with Crippen LogP contribution in [0, 0.1) is 6.92 Å². The summed E-state index contributed by atoms with van der Waals surface area (Å²) in [6, 6.07) is 14.1. The van der Waals surface area contributed by atoms with E-state index in [9.17, 15) is 13.2 Å². The van der Waals surface area contributed by atoms with Crippen LogP contribution in [0.2, 0.25) is 0 Å². The van der Waals surface area contributed by atoms with Crippen molar-refractivity contribution >= 4 is 15.9 Å². The molecule has 2 aromatic carbocycles. The number of amides is 1. The molecule has 0 aliphatic rings. The van der Waals surface area contributed by atoms with Gasteiger partial charge in [-0.1, -0.05) is 36.4 Å². The van der Waals surface area contributed by atoms with Crippen molar-refractivity contribution in [1.82, 2.24) is 4.72 Å². The molecular weight excluding hydrogens is 324 g/mol. The Hall–Kier alpha value is -2.18. The van der Waals surface area contributed by atoms with Gasteiger partial charge in [0, 0.05) is 11.6 Å². The van der Waals surface area contributed by atoms with Crippen LogP contribution in [-0.2, 0) is 16.4 Å². The van der Waals surface area contributed by atoms with Gasteiger partial charge in [-0.15, -0.1) is 0 Å². The van der Waals surface area contributed by atoms with E-state index in [1.165, 1.54) is 12.1 Å². The molecule has 0 fully saturated rings. The van der Waals surface area contributed by atoms with Gasteiger partial charge in [0.2, 0.25) is 15.9 Å². The van der Waals surface area contributed by atoms with Gasteiger partial charge < -0.3 is 5.73 Å². The molecule has 1 atom stereocenters. The second-order valence-corrected chi connectivity index (χ2v) is 7.60. The maximum Gasteiger partial charge on any atom is 0.249 e. The fraction of sp³-hybridized carbons (Fsp3) is 0.278. The Kier molecular flexibility index (Phi) is 5.75. The van der Waals surface area contributed by atoms with E-state index in [0.29, 0.717) is 12.0 Å². The molecule has 128 valence electrons. The van der Waals surface area contributed by atoms with Crippen LogP contribution >= 0.6 is 0 Å². The third kappa shape index (κ3) is 4.66. The first-order valence-electron chi connectivity index (χ1n) is 7.76. The van der Waals surface area contributed by atoms with Gasteiger partial charge in [0.05, 0.1) is 4.90 Å². The number of hydrogen-bond acceptors (Lipinski definition) is 3. The lowest BCUT2D eigenvalue weighted by atomic mass is 10.1. The minimum atomic E-state index is -3.69. The third-order valence-electron chi connectivity index (χ3n) is 3.85. The number of sulfonamides is 1. The second kappa shape index (κ2) is 7.59. The highest BCUT2D eigenvalue weighted by atomic mass is 32.2. The highest BCUT2D eigenvalue weighted by Crippen LogP contribution is 2.16.